The number of anilines is 2. The second kappa shape index (κ2) is 7.01. The van der Waals surface area contributed by atoms with Gasteiger partial charge in [0.25, 0.3) is 0 Å². The van der Waals surface area contributed by atoms with Crippen molar-refractivity contribution in [3.63, 3.8) is 0 Å². The summed E-state index contributed by atoms with van der Waals surface area (Å²) in [4.78, 5) is 19.3. The molecule has 0 atom stereocenters. The summed E-state index contributed by atoms with van der Waals surface area (Å²) in [5.74, 6) is 2.44. The number of nitrogens with zero attached hydrogens (tertiary/aromatic N) is 6. The van der Waals surface area contributed by atoms with Gasteiger partial charge >= 0.3 is 0 Å². The Morgan fingerprint density at radius 2 is 1.30 bits per heavy atom. The van der Waals surface area contributed by atoms with Gasteiger partial charge in [-0.1, -0.05) is 13.8 Å². The second-order valence-corrected chi connectivity index (χ2v) is 7.19. The third-order valence-corrected chi connectivity index (χ3v) is 4.93. The zero-order valence-corrected chi connectivity index (χ0v) is 15.0. The lowest BCUT2D eigenvalue weighted by molar-refractivity contribution is 0.309. The molecule has 0 saturated carbocycles. The Hall–Kier alpha value is -1.40. The van der Waals surface area contributed by atoms with Crippen LogP contribution in [0.25, 0.3) is 0 Å². The van der Waals surface area contributed by atoms with E-state index >= 15 is 0 Å². The lowest BCUT2D eigenvalue weighted by Crippen LogP contribution is -2.46. The molecule has 1 aromatic heterocycles. The Kier molecular flexibility index (Phi) is 5.02. The summed E-state index contributed by atoms with van der Waals surface area (Å²) in [5, 5.41) is 0. The van der Waals surface area contributed by atoms with Gasteiger partial charge in [0.1, 0.15) is 5.82 Å². The largest absolute Gasteiger partial charge is 0.354 e. The van der Waals surface area contributed by atoms with E-state index in [0.717, 1.165) is 69.8 Å². The Morgan fingerprint density at radius 3 is 1.83 bits per heavy atom. The first kappa shape index (κ1) is 16.5. The van der Waals surface area contributed by atoms with Crippen LogP contribution in [0.5, 0.6) is 0 Å². The smallest absolute Gasteiger partial charge is 0.227 e. The molecule has 3 rings (SSSR count). The lowest BCUT2D eigenvalue weighted by atomic mass is 10.1. The van der Waals surface area contributed by atoms with E-state index in [2.05, 4.69) is 53.6 Å². The molecule has 1 aromatic rings. The van der Waals surface area contributed by atoms with Crippen LogP contribution < -0.4 is 9.80 Å². The van der Waals surface area contributed by atoms with Crippen molar-refractivity contribution in [2.75, 3.05) is 76.3 Å². The van der Waals surface area contributed by atoms with E-state index in [1.54, 1.807) is 0 Å². The summed E-state index contributed by atoms with van der Waals surface area (Å²) >= 11 is 0. The van der Waals surface area contributed by atoms with E-state index < -0.39 is 0 Å². The summed E-state index contributed by atoms with van der Waals surface area (Å²) in [5.41, 5.74) is 1.16. The number of aromatic nitrogens is 2. The van der Waals surface area contributed by atoms with Crippen molar-refractivity contribution in [3.05, 3.63) is 11.8 Å². The van der Waals surface area contributed by atoms with Crippen molar-refractivity contribution in [1.29, 1.82) is 0 Å². The lowest BCUT2D eigenvalue weighted by Gasteiger charge is -2.35. The summed E-state index contributed by atoms with van der Waals surface area (Å²) in [6.45, 7) is 12.9. The van der Waals surface area contributed by atoms with Crippen molar-refractivity contribution >= 4 is 11.8 Å². The molecular formula is C17H30N6. The molecule has 2 aliphatic rings. The minimum absolute atomic E-state index is 0.426. The molecule has 23 heavy (non-hydrogen) atoms. The fraction of sp³-hybridized carbons (Fsp3) is 0.765. The molecular weight excluding hydrogens is 288 g/mol. The van der Waals surface area contributed by atoms with Crippen molar-refractivity contribution in [2.24, 2.45) is 0 Å². The van der Waals surface area contributed by atoms with Crippen molar-refractivity contribution < 1.29 is 0 Å². The molecule has 3 heterocycles. The molecule has 128 valence electrons. The highest BCUT2D eigenvalue weighted by Crippen LogP contribution is 2.23. The number of rotatable bonds is 3. The minimum Gasteiger partial charge on any atom is -0.354 e. The maximum atomic E-state index is 4.92. The molecule has 6 heteroatoms. The van der Waals surface area contributed by atoms with E-state index in [-0.39, 0.29) is 0 Å². The fourth-order valence-electron chi connectivity index (χ4n) is 3.08. The van der Waals surface area contributed by atoms with Crippen LogP contribution in [0.15, 0.2) is 6.07 Å². The van der Waals surface area contributed by atoms with Gasteiger partial charge in [-0.15, -0.1) is 0 Å². The monoisotopic (exact) mass is 318 g/mol. The maximum absolute atomic E-state index is 4.92. The predicted octanol–water partition coefficient (Wildman–Crippen LogP) is 1.10. The van der Waals surface area contributed by atoms with Gasteiger partial charge in [-0.25, -0.2) is 4.98 Å². The van der Waals surface area contributed by atoms with Crippen LogP contribution in [0.3, 0.4) is 0 Å². The minimum atomic E-state index is 0.426. The van der Waals surface area contributed by atoms with Gasteiger partial charge in [0, 0.05) is 58.4 Å². The zero-order chi connectivity index (χ0) is 16.4. The summed E-state index contributed by atoms with van der Waals surface area (Å²) in [7, 11) is 4.37. The first-order valence-corrected chi connectivity index (χ1v) is 8.79. The van der Waals surface area contributed by atoms with Gasteiger partial charge in [0.05, 0.1) is 5.69 Å². The Bertz CT molecular complexity index is 476. The molecule has 2 aliphatic heterocycles. The van der Waals surface area contributed by atoms with Gasteiger partial charge < -0.3 is 19.6 Å². The third kappa shape index (κ3) is 3.93. The van der Waals surface area contributed by atoms with E-state index in [1.807, 2.05) is 0 Å². The number of hydrogen-bond acceptors (Lipinski definition) is 6. The summed E-state index contributed by atoms with van der Waals surface area (Å²) in [6, 6.07) is 2.19. The molecule has 0 bridgehead atoms. The number of hydrogen-bond donors (Lipinski definition) is 0. The van der Waals surface area contributed by atoms with Gasteiger partial charge in [0.2, 0.25) is 5.95 Å². The van der Waals surface area contributed by atoms with E-state index in [9.17, 15) is 0 Å². The quantitative estimate of drug-likeness (QED) is 0.831. The average molecular weight is 318 g/mol. The van der Waals surface area contributed by atoms with Crippen LogP contribution in [0, 0.1) is 0 Å². The molecule has 2 saturated heterocycles. The van der Waals surface area contributed by atoms with Crippen LogP contribution in [0.2, 0.25) is 0 Å². The molecule has 0 aliphatic carbocycles. The van der Waals surface area contributed by atoms with E-state index in [1.165, 1.54) is 0 Å². The van der Waals surface area contributed by atoms with Crippen molar-refractivity contribution in [3.8, 4) is 0 Å². The molecule has 6 nitrogen and oxygen atoms in total. The summed E-state index contributed by atoms with van der Waals surface area (Å²) < 4.78 is 0. The van der Waals surface area contributed by atoms with Crippen LogP contribution >= 0.6 is 0 Å². The van der Waals surface area contributed by atoms with Crippen molar-refractivity contribution in [2.45, 2.75) is 19.8 Å². The highest BCUT2D eigenvalue weighted by Gasteiger charge is 2.21. The molecule has 0 spiro atoms. The van der Waals surface area contributed by atoms with Crippen LogP contribution in [0.1, 0.15) is 25.5 Å². The molecule has 0 unspecified atom stereocenters. The maximum Gasteiger partial charge on any atom is 0.227 e. The Balaban J connectivity index is 1.84. The van der Waals surface area contributed by atoms with Gasteiger partial charge in [-0.3, -0.25) is 0 Å². The number of likely N-dealkylation sites (N-methyl/N-ethyl adjacent to an activating group) is 2. The normalized spacial score (nSPS) is 21.3. The first-order valence-electron chi connectivity index (χ1n) is 8.79. The second-order valence-electron chi connectivity index (χ2n) is 7.19. The van der Waals surface area contributed by atoms with Crippen LogP contribution in [-0.4, -0.2) is 86.2 Å². The zero-order valence-electron chi connectivity index (χ0n) is 15.0. The van der Waals surface area contributed by atoms with Gasteiger partial charge in [-0.2, -0.15) is 4.98 Å². The molecule has 0 radical (unpaired) electrons. The number of piperazine rings is 2. The Labute approximate surface area is 140 Å². The van der Waals surface area contributed by atoms with Gasteiger partial charge in [-0.05, 0) is 20.0 Å². The average Bonchev–Trinajstić information content (AvgIpc) is 2.55. The molecule has 0 amide bonds. The van der Waals surface area contributed by atoms with Crippen LogP contribution in [-0.2, 0) is 0 Å². The molecule has 2 fully saturated rings. The highest BCUT2D eigenvalue weighted by molar-refractivity contribution is 5.47. The molecule has 0 aromatic carbocycles. The fourth-order valence-corrected chi connectivity index (χ4v) is 3.08. The highest BCUT2D eigenvalue weighted by atomic mass is 15.3. The van der Waals surface area contributed by atoms with E-state index in [0.29, 0.717) is 5.92 Å². The standard InChI is InChI=1S/C17H30N6/c1-14(2)15-13-16(22-9-5-20(3)6-10-22)19-17(18-15)23-11-7-21(4)8-12-23/h13-14H,5-12H2,1-4H3. The molecule has 0 N–H and O–H groups in total. The van der Waals surface area contributed by atoms with Crippen LogP contribution in [0.4, 0.5) is 11.8 Å². The Morgan fingerprint density at radius 1 is 0.783 bits per heavy atom. The van der Waals surface area contributed by atoms with E-state index in [4.69, 9.17) is 9.97 Å². The van der Waals surface area contributed by atoms with Gasteiger partial charge in [0.15, 0.2) is 0 Å². The third-order valence-electron chi connectivity index (χ3n) is 4.93. The SMILES string of the molecule is CC(C)c1cc(N2CCN(C)CC2)nc(N2CCN(C)CC2)n1. The van der Waals surface area contributed by atoms with Crippen molar-refractivity contribution in [1.82, 2.24) is 19.8 Å². The predicted molar refractivity (Wildman–Crippen MR) is 95.5 cm³/mol. The topological polar surface area (TPSA) is 38.7 Å². The summed E-state index contributed by atoms with van der Waals surface area (Å²) in [6.07, 6.45) is 0. The first-order chi connectivity index (χ1) is 11.0.